The molecule has 4 N–H and O–H groups in total. The second-order valence-electron chi connectivity index (χ2n) is 3.71. The molecule has 1 aromatic carbocycles. The molecule has 1 aromatic rings. The van der Waals surface area contributed by atoms with Crippen molar-refractivity contribution in [1.82, 2.24) is 10.6 Å². The van der Waals surface area contributed by atoms with Crippen molar-refractivity contribution in [2.45, 2.75) is 6.42 Å². The van der Waals surface area contributed by atoms with E-state index in [0.717, 1.165) is 13.0 Å². The molecule has 0 radical (unpaired) electrons. The van der Waals surface area contributed by atoms with Crippen LogP contribution in [0.5, 0.6) is 0 Å². The highest BCUT2D eigenvalue weighted by atomic mass is 16.4. The van der Waals surface area contributed by atoms with Crippen LogP contribution in [0.1, 0.15) is 16.8 Å². The molecule has 0 aliphatic heterocycles. The van der Waals surface area contributed by atoms with Crippen LogP contribution in [0.2, 0.25) is 0 Å². The number of hydrogen-bond acceptors (Lipinski definition) is 4. The number of rotatable bonds is 6. The molecule has 6 heteroatoms. The summed E-state index contributed by atoms with van der Waals surface area (Å²) >= 11 is 0. The van der Waals surface area contributed by atoms with Crippen LogP contribution in [0.3, 0.4) is 0 Å². The third-order valence-electron chi connectivity index (χ3n) is 2.34. The molecule has 0 spiro atoms. The van der Waals surface area contributed by atoms with Gasteiger partial charge >= 0.3 is 7.12 Å². The van der Waals surface area contributed by atoms with E-state index in [1.807, 2.05) is 7.05 Å². The average Bonchev–Trinajstić information content (AvgIpc) is 2.34. The molecule has 0 fully saturated rings. The summed E-state index contributed by atoms with van der Waals surface area (Å²) < 4.78 is 0. The normalized spacial score (nSPS) is 10.1. The lowest BCUT2D eigenvalue weighted by Crippen LogP contribution is -2.32. The molecule has 17 heavy (non-hydrogen) atoms. The van der Waals surface area contributed by atoms with Crippen LogP contribution < -0.4 is 16.1 Å². The fraction of sp³-hybridized carbons (Fsp3) is 0.364. The van der Waals surface area contributed by atoms with Gasteiger partial charge in [0, 0.05) is 12.1 Å². The minimum Gasteiger partial charge on any atom is -0.423 e. The minimum absolute atomic E-state index is 0.205. The largest absolute Gasteiger partial charge is 0.488 e. The van der Waals surface area contributed by atoms with Crippen molar-refractivity contribution in [1.29, 1.82) is 0 Å². The van der Waals surface area contributed by atoms with Gasteiger partial charge in [-0.1, -0.05) is 12.1 Å². The zero-order chi connectivity index (χ0) is 12.7. The predicted molar refractivity (Wildman–Crippen MR) is 67.1 cm³/mol. The Morgan fingerprint density at radius 3 is 2.76 bits per heavy atom. The molecular weight excluding hydrogens is 219 g/mol. The van der Waals surface area contributed by atoms with Crippen LogP contribution in [-0.2, 0) is 0 Å². The summed E-state index contributed by atoms with van der Waals surface area (Å²) in [5, 5.41) is 23.7. The quantitative estimate of drug-likeness (QED) is 0.366. The zero-order valence-corrected chi connectivity index (χ0v) is 9.81. The first-order valence-electron chi connectivity index (χ1n) is 5.54. The van der Waals surface area contributed by atoms with Crippen molar-refractivity contribution in [3.05, 3.63) is 29.8 Å². The van der Waals surface area contributed by atoms with Gasteiger partial charge in [-0.2, -0.15) is 0 Å². The van der Waals surface area contributed by atoms with Gasteiger partial charge in [0.1, 0.15) is 0 Å². The maximum absolute atomic E-state index is 11.7. The first-order chi connectivity index (χ1) is 8.15. The van der Waals surface area contributed by atoms with Crippen LogP contribution >= 0.6 is 0 Å². The molecular formula is C11H17BN2O3. The molecule has 0 aliphatic rings. The minimum atomic E-state index is -1.55. The second kappa shape index (κ2) is 7.06. The molecule has 0 aromatic heterocycles. The van der Waals surface area contributed by atoms with Gasteiger partial charge in [-0.05, 0) is 37.6 Å². The summed E-state index contributed by atoms with van der Waals surface area (Å²) in [6.45, 7) is 1.43. The van der Waals surface area contributed by atoms with E-state index >= 15 is 0 Å². The van der Waals surface area contributed by atoms with Gasteiger partial charge in [0.2, 0.25) is 0 Å². The summed E-state index contributed by atoms with van der Waals surface area (Å²) in [6.07, 6.45) is 0.852. The Bertz CT molecular complexity index is 371. The molecule has 0 aliphatic carbocycles. The number of hydrogen-bond donors (Lipinski definition) is 4. The number of benzene rings is 1. The van der Waals surface area contributed by atoms with Gasteiger partial charge in [-0.15, -0.1) is 0 Å². The standard InChI is InChI=1S/C11H17BN2O3/c1-13-6-3-7-14-11(15)9-4-2-5-10(8-9)12(16)17/h2,4-5,8,13,16-17H,3,6-7H2,1H3,(H,14,15). The van der Waals surface area contributed by atoms with E-state index in [2.05, 4.69) is 10.6 Å². The lowest BCUT2D eigenvalue weighted by Gasteiger charge is -2.06. The fourth-order valence-electron chi connectivity index (χ4n) is 1.41. The van der Waals surface area contributed by atoms with E-state index in [1.54, 1.807) is 18.2 Å². The summed E-state index contributed by atoms with van der Waals surface area (Å²) in [6, 6.07) is 6.29. The number of carbonyl (C=O) groups excluding carboxylic acids is 1. The van der Waals surface area contributed by atoms with E-state index in [0.29, 0.717) is 17.6 Å². The van der Waals surface area contributed by atoms with Gasteiger partial charge in [0.25, 0.3) is 5.91 Å². The molecule has 5 nitrogen and oxygen atoms in total. The van der Waals surface area contributed by atoms with Crippen molar-refractivity contribution in [2.75, 3.05) is 20.1 Å². The van der Waals surface area contributed by atoms with Gasteiger partial charge in [-0.3, -0.25) is 4.79 Å². The molecule has 0 saturated carbocycles. The van der Waals surface area contributed by atoms with E-state index in [4.69, 9.17) is 10.0 Å². The van der Waals surface area contributed by atoms with Crippen molar-refractivity contribution in [3.63, 3.8) is 0 Å². The number of nitrogens with one attached hydrogen (secondary N) is 2. The Kier molecular flexibility index (Phi) is 5.69. The lowest BCUT2D eigenvalue weighted by atomic mass is 9.79. The number of carbonyl (C=O) groups is 1. The van der Waals surface area contributed by atoms with E-state index in [1.165, 1.54) is 6.07 Å². The van der Waals surface area contributed by atoms with Crippen LogP contribution in [0.25, 0.3) is 0 Å². The summed E-state index contributed by atoms with van der Waals surface area (Å²) in [5.41, 5.74) is 0.743. The third kappa shape index (κ3) is 4.56. The SMILES string of the molecule is CNCCCNC(=O)c1cccc(B(O)O)c1. The topological polar surface area (TPSA) is 81.6 Å². The van der Waals surface area contributed by atoms with Crippen LogP contribution in [0.15, 0.2) is 24.3 Å². The number of amides is 1. The van der Waals surface area contributed by atoms with Crippen molar-refractivity contribution >= 4 is 18.5 Å². The van der Waals surface area contributed by atoms with E-state index in [-0.39, 0.29) is 5.91 Å². The highest BCUT2D eigenvalue weighted by molar-refractivity contribution is 6.58. The molecule has 0 unspecified atom stereocenters. The Labute approximate surface area is 101 Å². The monoisotopic (exact) mass is 236 g/mol. The van der Waals surface area contributed by atoms with Crippen molar-refractivity contribution in [2.24, 2.45) is 0 Å². The Morgan fingerprint density at radius 2 is 2.12 bits per heavy atom. The lowest BCUT2D eigenvalue weighted by molar-refractivity contribution is 0.0953. The first kappa shape index (κ1) is 13.7. The maximum atomic E-state index is 11.7. The Morgan fingerprint density at radius 1 is 1.35 bits per heavy atom. The van der Waals surface area contributed by atoms with Crippen LogP contribution in [0.4, 0.5) is 0 Å². The van der Waals surface area contributed by atoms with Crippen LogP contribution in [-0.4, -0.2) is 43.2 Å². The smallest absolute Gasteiger partial charge is 0.423 e. The Balaban J connectivity index is 2.53. The summed E-state index contributed by atoms with van der Waals surface area (Å²) in [7, 11) is 0.306. The van der Waals surface area contributed by atoms with Crippen molar-refractivity contribution in [3.8, 4) is 0 Å². The molecule has 0 atom stereocenters. The van der Waals surface area contributed by atoms with Gasteiger partial charge in [-0.25, -0.2) is 0 Å². The molecule has 1 rings (SSSR count). The van der Waals surface area contributed by atoms with E-state index < -0.39 is 7.12 Å². The molecule has 1 amide bonds. The van der Waals surface area contributed by atoms with Gasteiger partial charge in [0.05, 0.1) is 0 Å². The summed E-state index contributed by atoms with van der Waals surface area (Å²) in [4.78, 5) is 11.7. The van der Waals surface area contributed by atoms with Crippen molar-refractivity contribution < 1.29 is 14.8 Å². The molecule has 0 saturated heterocycles. The average molecular weight is 236 g/mol. The molecule has 0 heterocycles. The maximum Gasteiger partial charge on any atom is 0.488 e. The van der Waals surface area contributed by atoms with Gasteiger partial charge < -0.3 is 20.7 Å². The second-order valence-corrected chi connectivity index (χ2v) is 3.71. The highest BCUT2D eigenvalue weighted by Gasteiger charge is 2.13. The molecule has 0 bridgehead atoms. The van der Waals surface area contributed by atoms with E-state index in [9.17, 15) is 4.79 Å². The predicted octanol–water partition coefficient (Wildman–Crippen LogP) is -1.29. The zero-order valence-electron chi connectivity index (χ0n) is 9.81. The first-order valence-corrected chi connectivity index (χ1v) is 5.54. The fourth-order valence-corrected chi connectivity index (χ4v) is 1.41. The summed E-state index contributed by atoms with van der Waals surface area (Å²) in [5.74, 6) is -0.205. The highest BCUT2D eigenvalue weighted by Crippen LogP contribution is 1.97. The molecule has 92 valence electrons. The third-order valence-corrected chi connectivity index (χ3v) is 2.34. The van der Waals surface area contributed by atoms with Crippen LogP contribution in [0, 0.1) is 0 Å². The Hall–Kier alpha value is -1.37. The van der Waals surface area contributed by atoms with Gasteiger partial charge in [0.15, 0.2) is 0 Å².